The molecule has 2 rings (SSSR count). The number of carboxylic acid groups (broad SMARTS) is 1. The van der Waals surface area contributed by atoms with Crippen molar-refractivity contribution in [2.75, 3.05) is 26.7 Å². The Morgan fingerprint density at radius 2 is 2.14 bits per heavy atom. The third kappa shape index (κ3) is 4.31. The van der Waals surface area contributed by atoms with Gasteiger partial charge in [0.15, 0.2) is 0 Å². The van der Waals surface area contributed by atoms with Gasteiger partial charge in [-0.25, -0.2) is 0 Å². The maximum Gasteiger partial charge on any atom is 0.317 e. The zero-order chi connectivity index (χ0) is 15.6. The van der Waals surface area contributed by atoms with Crippen LogP contribution in [0.5, 0.6) is 0 Å². The van der Waals surface area contributed by atoms with Crippen molar-refractivity contribution >= 4 is 29.2 Å². The van der Waals surface area contributed by atoms with Crippen LogP contribution in [0.1, 0.15) is 5.56 Å². The van der Waals surface area contributed by atoms with Crippen LogP contribution in [0.15, 0.2) is 18.2 Å². The van der Waals surface area contributed by atoms with Gasteiger partial charge < -0.3 is 10.2 Å². The first-order chi connectivity index (χ1) is 9.86. The molecule has 21 heavy (non-hydrogen) atoms. The SMILES string of the molecule is CN(CC(=O)O)[C@H]1CN(Cc2ccc(Cl)cc2Cl)C[C@H]1O. The second-order valence-corrected chi connectivity index (χ2v) is 6.22. The van der Waals surface area contributed by atoms with Crippen molar-refractivity contribution in [3.8, 4) is 0 Å². The molecule has 7 heteroatoms. The van der Waals surface area contributed by atoms with E-state index in [0.717, 1.165) is 5.56 Å². The Morgan fingerprint density at radius 3 is 2.76 bits per heavy atom. The number of hydrogen-bond donors (Lipinski definition) is 2. The number of carbonyl (C=O) groups is 1. The quantitative estimate of drug-likeness (QED) is 0.856. The maximum absolute atomic E-state index is 10.8. The molecule has 0 bridgehead atoms. The zero-order valence-electron chi connectivity index (χ0n) is 11.7. The lowest BCUT2D eigenvalue weighted by Gasteiger charge is -2.24. The van der Waals surface area contributed by atoms with Crippen LogP contribution in [0.4, 0.5) is 0 Å². The topological polar surface area (TPSA) is 64.0 Å². The number of nitrogens with zero attached hydrogens (tertiary/aromatic N) is 2. The fraction of sp³-hybridized carbons (Fsp3) is 0.500. The molecule has 1 heterocycles. The molecule has 5 nitrogen and oxygen atoms in total. The molecule has 116 valence electrons. The van der Waals surface area contributed by atoms with E-state index in [1.54, 1.807) is 24.1 Å². The van der Waals surface area contributed by atoms with E-state index >= 15 is 0 Å². The monoisotopic (exact) mass is 332 g/mol. The highest BCUT2D eigenvalue weighted by atomic mass is 35.5. The summed E-state index contributed by atoms with van der Waals surface area (Å²) in [5.41, 5.74) is 0.940. The van der Waals surface area contributed by atoms with Crippen LogP contribution in [0.25, 0.3) is 0 Å². The van der Waals surface area contributed by atoms with Gasteiger partial charge in [-0.05, 0) is 24.7 Å². The van der Waals surface area contributed by atoms with Crippen LogP contribution >= 0.6 is 23.2 Å². The van der Waals surface area contributed by atoms with E-state index in [9.17, 15) is 9.90 Å². The second-order valence-electron chi connectivity index (χ2n) is 5.37. The molecule has 2 N–H and O–H groups in total. The molecule has 1 fully saturated rings. The number of aliphatic hydroxyl groups excluding tert-OH is 1. The molecular formula is C14H18Cl2N2O3. The molecule has 1 aromatic rings. The van der Waals surface area contributed by atoms with Crippen LogP contribution in [0.3, 0.4) is 0 Å². The van der Waals surface area contributed by atoms with E-state index in [1.807, 2.05) is 6.07 Å². The Labute approximate surface area is 133 Å². The second kappa shape index (κ2) is 6.94. The molecule has 0 radical (unpaired) electrons. The van der Waals surface area contributed by atoms with Gasteiger partial charge in [-0.2, -0.15) is 0 Å². The van der Waals surface area contributed by atoms with Gasteiger partial charge in [-0.1, -0.05) is 29.3 Å². The van der Waals surface area contributed by atoms with Crippen LogP contribution < -0.4 is 0 Å². The van der Waals surface area contributed by atoms with Crippen molar-refractivity contribution in [1.82, 2.24) is 9.80 Å². The van der Waals surface area contributed by atoms with Gasteiger partial charge in [0.25, 0.3) is 0 Å². The summed E-state index contributed by atoms with van der Waals surface area (Å²) < 4.78 is 0. The largest absolute Gasteiger partial charge is 0.480 e. The van der Waals surface area contributed by atoms with Crippen LogP contribution in [-0.4, -0.2) is 64.8 Å². The minimum Gasteiger partial charge on any atom is -0.480 e. The van der Waals surface area contributed by atoms with E-state index in [4.69, 9.17) is 28.3 Å². The minimum absolute atomic E-state index is 0.0860. The van der Waals surface area contributed by atoms with Gasteiger partial charge in [-0.3, -0.25) is 14.6 Å². The van der Waals surface area contributed by atoms with Crippen molar-refractivity contribution in [2.45, 2.75) is 18.7 Å². The number of halogens is 2. The highest BCUT2D eigenvalue weighted by Crippen LogP contribution is 2.24. The lowest BCUT2D eigenvalue weighted by atomic mass is 10.2. The summed E-state index contributed by atoms with van der Waals surface area (Å²) in [4.78, 5) is 14.5. The van der Waals surface area contributed by atoms with E-state index < -0.39 is 12.1 Å². The van der Waals surface area contributed by atoms with Crippen molar-refractivity contribution in [3.05, 3.63) is 33.8 Å². The van der Waals surface area contributed by atoms with Gasteiger partial charge in [0, 0.05) is 35.7 Å². The van der Waals surface area contributed by atoms with Crippen LogP contribution in [-0.2, 0) is 11.3 Å². The Balaban J connectivity index is 1.99. The van der Waals surface area contributed by atoms with Gasteiger partial charge >= 0.3 is 5.97 Å². The number of aliphatic hydroxyl groups is 1. The molecule has 1 aromatic carbocycles. The molecule has 0 unspecified atom stereocenters. The van der Waals surface area contributed by atoms with Gasteiger partial charge in [0.1, 0.15) is 0 Å². The number of likely N-dealkylation sites (N-methyl/N-ethyl adjacent to an activating group) is 1. The highest BCUT2D eigenvalue weighted by Gasteiger charge is 2.34. The Bertz CT molecular complexity index is 527. The lowest BCUT2D eigenvalue weighted by molar-refractivity contribution is -0.138. The molecule has 1 aliphatic heterocycles. The smallest absolute Gasteiger partial charge is 0.317 e. The summed E-state index contributed by atoms with van der Waals surface area (Å²) in [5, 5.41) is 20.1. The fourth-order valence-electron chi connectivity index (χ4n) is 2.63. The van der Waals surface area contributed by atoms with Crippen molar-refractivity contribution < 1.29 is 15.0 Å². The van der Waals surface area contributed by atoms with Crippen LogP contribution in [0, 0.1) is 0 Å². The normalized spacial score (nSPS) is 22.9. The molecule has 0 spiro atoms. The van der Waals surface area contributed by atoms with E-state index in [1.165, 1.54) is 0 Å². The van der Waals surface area contributed by atoms with Crippen molar-refractivity contribution in [3.63, 3.8) is 0 Å². The average molecular weight is 333 g/mol. The first-order valence-electron chi connectivity index (χ1n) is 6.63. The predicted molar refractivity (Wildman–Crippen MR) is 81.8 cm³/mol. The van der Waals surface area contributed by atoms with Crippen LogP contribution in [0.2, 0.25) is 10.0 Å². The molecule has 0 aromatic heterocycles. The number of likely N-dealkylation sites (tertiary alicyclic amines) is 1. The molecule has 1 aliphatic rings. The highest BCUT2D eigenvalue weighted by molar-refractivity contribution is 6.35. The molecule has 0 saturated carbocycles. The lowest BCUT2D eigenvalue weighted by Crippen LogP contribution is -2.43. The average Bonchev–Trinajstić information content (AvgIpc) is 2.73. The number of β-amino-alcohol motifs (C(OH)–C–C–N with tert-alkyl or cyclic N) is 1. The molecule has 0 aliphatic carbocycles. The van der Waals surface area contributed by atoms with E-state index in [-0.39, 0.29) is 12.6 Å². The zero-order valence-corrected chi connectivity index (χ0v) is 13.2. The Morgan fingerprint density at radius 1 is 1.43 bits per heavy atom. The third-order valence-electron chi connectivity index (χ3n) is 3.69. The van der Waals surface area contributed by atoms with Crippen molar-refractivity contribution in [2.24, 2.45) is 0 Å². The minimum atomic E-state index is -0.899. The Kier molecular flexibility index (Phi) is 5.46. The summed E-state index contributed by atoms with van der Waals surface area (Å²) in [6.45, 7) is 1.61. The van der Waals surface area contributed by atoms with Gasteiger partial charge in [0.05, 0.1) is 12.6 Å². The first kappa shape index (κ1) is 16.5. The summed E-state index contributed by atoms with van der Waals surface area (Å²) in [6, 6.07) is 5.15. The Hall–Kier alpha value is -0.850. The third-order valence-corrected chi connectivity index (χ3v) is 4.28. The summed E-state index contributed by atoms with van der Waals surface area (Å²) >= 11 is 12.0. The number of benzene rings is 1. The molecular weight excluding hydrogens is 315 g/mol. The first-order valence-corrected chi connectivity index (χ1v) is 7.39. The molecule has 1 saturated heterocycles. The maximum atomic E-state index is 10.8. The summed E-state index contributed by atoms with van der Waals surface area (Å²) in [6.07, 6.45) is -0.569. The van der Waals surface area contributed by atoms with E-state index in [0.29, 0.717) is 29.7 Å². The van der Waals surface area contributed by atoms with Crippen molar-refractivity contribution in [1.29, 1.82) is 0 Å². The predicted octanol–water partition coefficient (Wildman–Crippen LogP) is 1.55. The number of carboxylic acids is 1. The summed E-state index contributed by atoms with van der Waals surface area (Å²) in [7, 11) is 1.71. The fourth-order valence-corrected chi connectivity index (χ4v) is 3.10. The number of rotatable bonds is 5. The van der Waals surface area contributed by atoms with E-state index in [2.05, 4.69) is 4.90 Å². The van der Waals surface area contributed by atoms with Gasteiger partial charge in [-0.15, -0.1) is 0 Å². The number of hydrogen-bond acceptors (Lipinski definition) is 4. The van der Waals surface area contributed by atoms with Gasteiger partial charge in [0.2, 0.25) is 0 Å². The summed E-state index contributed by atoms with van der Waals surface area (Å²) in [5.74, 6) is -0.899. The number of aliphatic carboxylic acids is 1. The molecule has 0 amide bonds. The standard InChI is InChI=1S/C14H18Cl2N2O3/c1-17(8-14(20)21)12-6-18(7-13(12)19)5-9-2-3-10(15)4-11(9)16/h2-4,12-13,19H,5-8H2,1H3,(H,20,21)/t12-,13+/m0/s1. The molecule has 2 atom stereocenters.